The van der Waals surface area contributed by atoms with Crippen LogP contribution in [0.2, 0.25) is 5.02 Å². The predicted molar refractivity (Wildman–Crippen MR) is 74.1 cm³/mol. The summed E-state index contributed by atoms with van der Waals surface area (Å²) in [7, 11) is 1.70. The molecule has 1 unspecified atom stereocenters. The van der Waals surface area contributed by atoms with Gasteiger partial charge in [0.05, 0.1) is 7.11 Å². The van der Waals surface area contributed by atoms with E-state index < -0.39 is 0 Å². The molecule has 0 fully saturated rings. The van der Waals surface area contributed by atoms with Crippen molar-refractivity contribution in [2.45, 2.75) is 39.2 Å². The van der Waals surface area contributed by atoms with Crippen LogP contribution >= 0.6 is 11.6 Å². The monoisotopic (exact) mass is 255 g/mol. The molecule has 1 aromatic carbocycles. The SMILES string of the molecule is CCCNC(CC)Cc1cc(Cl)ccc1OC. The third-order valence-electron chi connectivity index (χ3n) is 2.88. The molecular weight excluding hydrogens is 234 g/mol. The number of hydrogen-bond donors (Lipinski definition) is 1. The molecule has 0 aromatic heterocycles. The van der Waals surface area contributed by atoms with Crippen LogP contribution in [0.15, 0.2) is 18.2 Å². The molecule has 0 aliphatic rings. The van der Waals surface area contributed by atoms with Crippen molar-refractivity contribution in [3.8, 4) is 5.75 Å². The van der Waals surface area contributed by atoms with E-state index in [-0.39, 0.29) is 0 Å². The summed E-state index contributed by atoms with van der Waals surface area (Å²) in [4.78, 5) is 0. The lowest BCUT2D eigenvalue weighted by molar-refractivity contribution is 0.403. The van der Waals surface area contributed by atoms with Crippen molar-refractivity contribution in [2.24, 2.45) is 0 Å². The number of nitrogens with one attached hydrogen (secondary N) is 1. The number of rotatable bonds is 7. The lowest BCUT2D eigenvalue weighted by atomic mass is 10.0. The van der Waals surface area contributed by atoms with Gasteiger partial charge in [0.25, 0.3) is 0 Å². The molecule has 3 heteroatoms. The van der Waals surface area contributed by atoms with E-state index in [0.717, 1.165) is 36.6 Å². The van der Waals surface area contributed by atoms with Gasteiger partial charge in [0.2, 0.25) is 0 Å². The van der Waals surface area contributed by atoms with Gasteiger partial charge >= 0.3 is 0 Å². The summed E-state index contributed by atoms with van der Waals surface area (Å²) >= 11 is 6.03. The van der Waals surface area contributed by atoms with Crippen molar-refractivity contribution in [1.82, 2.24) is 5.32 Å². The molecule has 0 aliphatic carbocycles. The van der Waals surface area contributed by atoms with Crippen molar-refractivity contribution >= 4 is 11.6 Å². The highest BCUT2D eigenvalue weighted by Crippen LogP contribution is 2.24. The molecule has 0 saturated carbocycles. The average molecular weight is 256 g/mol. The van der Waals surface area contributed by atoms with Crippen LogP contribution in [-0.4, -0.2) is 19.7 Å². The molecule has 0 radical (unpaired) electrons. The molecule has 0 aliphatic heterocycles. The van der Waals surface area contributed by atoms with E-state index in [2.05, 4.69) is 19.2 Å². The summed E-state index contributed by atoms with van der Waals surface area (Å²) in [6.07, 6.45) is 3.22. The Morgan fingerprint density at radius 2 is 2.12 bits per heavy atom. The molecule has 1 N–H and O–H groups in total. The molecule has 0 spiro atoms. The summed E-state index contributed by atoms with van der Waals surface area (Å²) in [5, 5.41) is 4.31. The average Bonchev–Trinajstić information content (AvgIpc) is 2.34. The third-order valence-corrected chi connectivity index (χ3v) is 3.12. The Hall–Kier alpha value is -0.730. The molecule has 1 atom stereocenters. The van der Waals surface area contributed by atoms with E-state index in [0.29, 0.717) is 6.04 Å². The maximum Gasteiger partial charge on any atom is 0.122 e. The molecule has 0 saturated heterocycles. The zero-order valence-electron chi connectivity index (χ0n) is 10.9. The van der Waals surface area contributed by atoms with E-state index in [1.807, 2.05) is 18.2 Å². The maximum absolute atomic E-state index is 6.03. The van der Waals surface area contributed by atoms with Crippen molar-refractivity contribution in [2.75, 3.05) is 13.7 Å². The number of methoxy groups -OCH3 is 1. The topological polar surface area (TPSA) is 21.3 Å². The normalized spacial score (nSPS) is 12.5. The van der Waals surface area contributed by atoms with Gasteiger partial charge in [-0.1, -0.05) is 25.4 Å². The summed E-state index contributed by atoms with van der Waals surface area (Å²) in [6, 6.07) is 6.29. The summed E-state index contributed by atoms with van der Waals surface area (Å²) in [6.45, 7) is 5.44. The molecular formula is C14H22ClNO. The fraction of sp³-hybridized carbons (Fsp3) is 0.571. The molecule has 96 valence electrons. The molecule has 0 heterocycles. The van der Waals surface area contributed by atoms with Gasteiger partial charge in [0.15, 0.2) is 0 Å². The summed E-state index contributed by atoms with van der Waals surface area (Å²) in [5.41, 5.74) is 1.18. The van der Waals surface area contributed by atoms with Crippen LogP contribution in [0.5, 0.6) is 5.75 Å². The molecule has 1 rings (SSSR count). The summed E-state index contributed by atoms with van der Waals surface area (Å²) < 4.78 is 5.36. The van der Waals surface area contributed by atoms with Crippen molar-refractivity contribution in [1.29, 1.82) is 0 Å². The Bertz CT molecular complexity index is 341. The first-order chi connectivity index (χ1) is 8.21. The van der Waals surface area contributed by atoms with Crippen LogP contribution in [0.3, 0.4) is 0 Å². The Morgan fingerprint density at radius 3 is 2.71 bits per heavy atom. The summed E-state index contributed by atoms with van der Waals surface area (Å²) in [5.74, 6) is 0.922. The number of hydrogen-bond acceptors (Lipinski definition) is 2. The van der Waals surface area contributed by atoms with Gasteiger partial charge in [0.1, 0.15) is 5.75 Å². The van der Waals surface area contributed by atoms with E-state index in [4.69, 9.17) is 16.3 Å². The highest BCUT2D eigenvalue weighted by Gasteiger charge is 2.10. The first-order valence-corrected chi connectivity index (χ1v) is 6.64. The standard InChI is InChI=1S/C14H22ClNO/c1-4-8-16-13(5-2)10-11-9-12(15)6-7-14(11)17-3/h6-7,9,13,16H,4-5,8,10H2,1-3H3. The third kappa shape index (κ3) is 4.57. The van der Waals surface area contributed by atoms with Gasteiger partial charge in [-0.05, 0) is 49.6 Å². The van der Waals surface area contributed by atoms with Gasteiger partial charge in [0, 0.05) is 11.1 Å². The quantitative estimate of drug-likeness (QED) is 0.803. The number of halogens is 1. The Labute approximate surface area is 109 Å². The smallest absolute Gasteiger partial charge is 0.122 e. The van der Waals surface area contributed by atoms with Gasteiger partial charge < -0.3 is 10.1 Å². The zero-order chi connectivity index (χ0) is 12.7. The Morgan fingerprint density at radius 1 is 1.35 bits per heavy atom. The second kappa shape index (κ2) is 7.57. The second-order valence-electron chi connectivity index (χ2n) is 4.22. The lowest BCUT2D eigenvalue weighted by Gasteiger charge is -2.18. The maximum atomic E-state index is 6.03. The van der Waals surface area contributed by atoms with Crippen LogP contribution in [0, 0.1) is 0 Å². The second-order valence-corrected chi connectivity index (χ2v) is 4.66. The van der Waals surface area contributed by atoms with E-state index >= 15 is 0 Å². The highest BCUT2D eigenvalue weighted by atomic mass is 35.5. The molecule has 2 nitrogen and oxygen atoms in total. The van der Waals surface area contributed by atoms with Crippen molar-refractivity contribution in [3.05, 3.63) is 28.8 Å². The largest absolute Gasteiger partial charge is 0.496 e. The first kappa shape index (κ1) is 14.3. The minimum atomic E-state index is 0.488. The van der Waals surface area contributed by atoms with Gasteiger partial charge in [-0.3, -0.25) is 0 Å². The fourth-order valence-electron chi connectivity index (χ4n) is 1.88. The first-order valence-electron chi connectivity index (χ1n) is 6.27. The number of ether oxygens (including phenoxy) is 1. The molecule has 17 heavy (non-hydrogen) atoms. The Kier molecular flexibility index (Phi) is 6.38. The Balaban J connectivity index is 2.73. The molecule has 0 amide bonds. The lowest BCUT2D eigenvalue weighted by Crippen LogP contribution is -2.31. The zero-order valence-corrected chi connectivity index (χ0v) is 11.7. The van der Waals surface area contributed by atoms with Crippen LogP contribution in [0.4, 0.5) is 0 Å². The number of benzene rings is 1. The van der Waals surface area contributed by atoms with Gasteiger partial charge in [-0.2, -0.15) is 0 Å². The van der Waals surface area contributed by atoms with Gasteiger partial charge in [-0.15, -0.1) is 0 Å². The highest BCUT2D eigenvalue weighted by molar-refractivity contribution is 6.30. The van der Waals surface area contributed by atoms with E-state index in [1.54, 1.807) is 7.11 Å². The van der Waals surface area contributed by atoms with Gasteiger partial charge in [-0.25, -0.2) is 0 Å². The fourth-order valence-corrected chi connectivity index (χ4v) is 2.08. The molecule has 1 aromatic rings. The van der Waals surface area contributed by atoms with Crippen molar-refractivity contribution in [3.63, 3.8) is 0 Å². The van der Waals surface area contributed by atoms with E-state index in [9.17, 15) is 0 Å². The minimum absolute atomic E-state index is 0.488. The minimum Gasteiger partial charge on any atom is -0.496 e. The predicted octanol–water partition coefficient (Wildman–Crippen LogP) is 3.67. The molecule has 0 bridgehead atoms. The van der Waals surface area contributed by atoms with E-state index in [1.165, 1.54) is 5.56 Å². The van der Waals surface area contributed by atoms with Crippen LogP contribution in [-0.2, 0) is 6.42 Å². The van der Waals surface area contributed by atoms with Crippen LogP contribution in [0.25, 0.3) is 0 Å². The van der Waals surface area contributed by atoms with Crippen LogP contribution < -0.4 is 10.1 Å². The van der Waals surface area contributed by atoms with Crippen molar-refractivity contribution < 1.29 is 4.74 Å². The van der Waals surface area contributed by atoms with Crippen LogP contribution in [0.1, 0.15) is 32.3 Å².